The van der Waals surface area contributed by atoms with Gasteiger partial charge in [0, 0.05) is 18.7 Å². The van der Waals surface area contributed by atoms with Crippen LogP contribution in [0, 0.1) is 0 Å². The standard InChI is InChI=1S/C15H18N2O4/c1-4-16-15(20)11-6-14(21-17-11)10-5-9(8(2)3)12(18)7-13(10)19/h5-8,18-19H,4H2,1-3H3,(H,16,20). The number of carbonyl (C=O) groups is 1. The van der Waals surface area contributed by atoms with Crippen LogP contribution >= 0.6 is 0 Å². The average molecular weight is 290 g/mol. The Bertz CT molecular complexity index is 662. The molecule has 0 radical (unpaired) electrons. The molecule has 0 saturated heterocycles. The molecule has 0 aliphatic rings. The molecular formula is C15H18N2O4. The number of nitrogens with zero attached hydrogens (tertiary/aromatic N) is 1. The Balaban J connectivity index is 2.42. The highest BCUT2D eigenvalue weighted by molar-refractivity contribution is 5.93. The van der Waals surface area contributed by atoms with Crippen LogP contribution in [0.5, 0.6) is 11.5 Å². The maximum absolute atomic E-state index is 11.7. The van der Waals surface area contributed by atoms with Gasteiger partial charge in [-0.05, 0) is 24.5 Å². The first-order valence-electron chi connectivity index (χ1n) is 6.75. The van der Waals surface area contributed by atoms with Gasteiger partial charge in [-0.3, -0.25) is 4.79 Å². The molecule has 1 heterocycles. The number of amides is 1. The van der Waals surface area contributed by atoms with Crippen LogP contribution in [-0.2, 0) is 0 Å². The summed E-state index contributed by atoms with van der Waals surface area (Å²) in [5.74, 6) is -0.0918. The highest BCUT2D eigenvalue weighted by Crippen LogP contribution is 2.37. The van der Waals surface area contributed by atoms with E-state index >= 15 is 0 Å². The molecule has 0 unspecified atom stereocenters. The lowest BCUT2D eigenvalue weighted by Crippen LogP contribution is -2.22. The second-order valence-electron chi connectivity index (χ2n) is 5.02. The number of carbonyl (C=O) groups excluding carboxylic acids is 1. The van der Waals surface area contributed by atoms with Crippen molar-refractivity contribution in [1.82, 2.24) is 10.5 Å². The second kappa shape index (κ2) is 5.87. The number of nitrogens with one attached hydrogen (secondary N) is 1. The first-order valence-corrected chi connectivity index (χ1v) is 6.75. The molecule has 21 heavy (non-hydrogen) atoms. The van der Waals surface area contributed by atoms with Crippen molar-refractivity contribution in [1.29, 1.82) is 0 Å². The Morgan fingerprint density at radius 1 is 1.29 bits per heavy atom. The minimum atomic E-state index is -0.338. The molecule has 2 aromatic rings. The van der Waals surface area contributed by atoms with Crippen molar-refractivity contribution in [3.05, 3.63) is 29.5 Å². The summed E-state index contributed by atoms with van der Waals surface area (Å²) in [7, 11) is 0. The van der Waals surface area contributed by atoms with E-state index in [2.05, 4.69) is 10.5 Å². The van der Waals surface area contributed by atoms with Gasteiger partial charge < -0.3 is 20.1 Å². The van der Waals surface area contributed by atoms with Crippen LogP contribution < -0.4 is 5.32 Å². The van der Waals surface area contributed by atoms with Gasteiger partial charge >= 0.3 is 0 Å². The van der Waals surface area contributed by atoms with Gasteiger partial charge in [-0.25, -0.2) is 0 Å². The molecule has 112 valence electrons. The Morgan fingerprint density at radius 2 is 2.00 bits per heavy atom. The quantitative estimate of drug-likeness (QED) is 0.804. The zero-order valence-electron chi connectivity index (χ0n) is 12.2. The molecule has 0 aliphatic heterocycles. The number of hydrogen-bond acceptors (Lipinski definition) is 5. The topological polar surface area (TPSA) is 95.6 Å². The molecule has 0 spiro atoms. The van der Waals surface area contributed by atoms with E-state index < -0.39 is 0 Å². The van der Waals surface area contributed by atoms with Crippen LogP contribution in [0.2, 0.25) is 0 Å². The summed E-state index contributed by atoms with van der Waals surface area (Å²) in [5.41, 5.74) is 1.21. The minimum Gasteiger partial charge on any atom is -0.508 e. The van der Waals surface area contributed by atoms with Gasteiger partial charge in [0.1, 0.15) is 11.5 Å². The first-order chi connectivity index (χ1) is 9.93. The lowest BCUT2D eigenvalue weighted by molar-refractivity contribution is 0.0947. The fourth-order valence-electron chi connectivity index (χ4n) is 2.01. The molecule has 1 amide bonds. The smallest absolute Gasteiger partial charge is 0.273 e. The van der Waals surface area contributed by atoms with E-state index in [0.29, 0.717) is 17.7 Å². The zero-order valence-corrected chi connectivity index (χ0v) is 12.2. The summed E-state index contributed by atoms with van der Waals surface area (Å²) >= 11 is 0. The third kappa shape index (κ3) is 2.99. The molecule has 0 saturated carbocycles. The fraction of sp³-hybridized carbons (Fsp3) is 0.333. The predicted molar refractivity (Wildman–Crippen MR) is 77.4 cm³/mol. The van der Waals surface area contributed by atoms with Gasteiger partial charge in [0.05, 0.1) is 5.56 Å². The summed E-state index contributed by atoms with van der Waals surface area (Å²) in [6, 6.07) is 4.36. The molecule has 0 aliphatic carbocycles. The minimum absolute atomic E-state index is 0.0229. The molecule has 0 fully saturated rings. The lowest BCUT2D eigenvalue weighted by atomic mass is 9.98. The van der Waals surface area contributed by atoms with E-state index in [1.807, 2.05) is 13.8 Å². The third-order valence-electron chi connectivity index (χ3n) is 3.11. The van der Waals surface area contributed by atoms with E-state index in [9.17, 15) is 15.0 Å². The Hall–Kier alpha value is -2.50. The number of aromatic nitrogens is 1. The highest BCUT2D eigenvalue weighted by atomic mass is 16.5. The predicted octanol–water partition coefficient (Wildman–Crippen LogP) is 2.63. The van der Waals surface area contributed by atoms with Gasteiger partial charge in [0.25, 0.3) is 5.91 Å². The molecule has 2 rings (SSSR count). The van der Waals surface area contributed by atoms with Gasteiger partial charge in [0.2, 0.25) is 0 Å². The molecule has 1 aromatic heterocycles. The lowest BCUT2D eigenvalue weighted by Gasteiger charge is -2.10. The largest absolute Gasteiger partial charge is 0.508 e. The van der Waals surface area contributed by atoms with Crippen molar-refractivity contribution >= 4 is 5.91 Å². The normalized spacial score (nSPS) is 10.9. The van der Waals surface area contributed by atoms with Crippen molar-refractivity contribution in [3.8, 4) is 22.8 Å². The van der Waals surface area contributed by atoms with E-state index in [1.165, 1.54) is 12.1 Å². The van der Waals surface area contributed by atoms with Crippen molar-refractivity contribution in [2.24, 2.45) is 0 Å². The zero-order chi connectivity index (χ0) is 15.6. The van der Waals surface area contributed by atoms with Crippen LogP contribution in [0.15, 0.2) is 22.7 Å². The van der Waals surface area contributed by atoms with Crippen molar-refractivity contribution in [2.45, 2.75) is 26.7 Å². The SMILES string of the molecule is CCNC(=O)c1cc(-c2cc(C(C)C)c(O)cc2O)on1. The number of benzene rings is 1. The molecule has 3 N–H and O–H groups in total. The fourth-order valence-corrected chi connectivity index (χ4v) is 2.01. The molecule has 6 nitrogen and oxygen atoms in total. The molecule has 0 bridgehead atoms. The molecule has 0 atom stereocenters. The van der Waals surface area contributed by atoms with Gasteiger partial charge in [-0.2, -0.15) is 0 Å². The number of hydrogen-bond donors (Lipinski definition) is 3. The van der Waals surface area contributed by atoms with E-state index in [-0.39, 0.29) is 34.8 Å². The number of phenols is 2. The Kier molecular flexibility index (Phi) is 4.16. The monoisotopic (exact) mass is 290 g/mol. The summed E-state index contributed by atoms with van der Waals surface area (Å²) < 4.78 is 5.12. The van der Waals surface area contributed by atoms with Crippen LogP contribution in [0.25, 0.3) is 11.3 Å². The van der Waals surface area contributed by atoms with Gasteiger partial charge in [-0.15, -0.1) is 0 Å². The van der Waals surface area contributed by atoms with Crippen LogP contribution in [0.3, 0.4) is 0 Å². The molecule has 6 heteroatoms. The van der Waals surface area contributed by atoms with Crippen LogP contribution in [0.4, 0.5) is 0 Å². The Morgan fingerprint density at radius 3 is 2.62 bits per heavy atom. The third-order valence-corrected chi connectivity index (χ3v) is 3.11. The second-order valence-corrected chi connectivity index (χ2v) is 5.02. The number of phenolic OH excluding ortho intramolecular Hbond substituents is 2. The van der Waals surface area contributed by atoms with Crippen molar-refractivity contribution < 1.29 is 19.5 Å². The van der Waals surface area contributed by atoms with Crippen LogP contribution in [-0.4, -0.2) is 27.8 Å². The van der Waals surface area contributed by atoms with E-state index in [4.69, 9.17) is 4.52 Å². The van der Waals surface area contributed by atoms with Gasteiger partial charge in [0.15, 0.2) is 11.5 Å². The van der Waals surface area contributed by atoms with Crippen molar-refractivity contribution in [2.75, 3.05) is 6.54 Å². The maximum Gasteiger partial charge on any atom is 0.273 e. The number of rotatable bonds is 4. The summed E-state index contributed by atoms with van der Waals surface area (Å²) in [6.45, 7) is 6.15. The summed E-state index contributed by atoms with van der Waals surface area (Å²) in [5, 5.41) is 26.1. The molecular weight excluding hydrogens is 272 g/mol. The molecule has 1 aromatic carbocycles. The van der Waals surface area contributed by atoms with E-state index in [0.717, 1.165) is 0 Å². The summed E-state index contributed by atoms with van der Waals surface area (Å²) in [6.07, 6.45) is 0. The number of aromatic hydroxyl groups is 2. The maximum atomic E-state index is 11.7. The average Bonchev–Trinajstić information content (AvgIpc) is 2.88. The van der Waals surface area contributed by atoms with Crippen LogP contribution in [0.1, 0.15) is 42.7 Å². The Labute approximate surface area is 122 Å². The first kappa shape index (κ1) is 14.9. The van der Waals surface area contributed by atoms with Gasteiger partial charge in [-0.1, -0.05) is 19.0 Å². The van der Waals surface area contributed by atoms with Crippen molar-refractivity contribution in [3.63, 3.8) is 0 Å². The van der Waals surface area contributed by atoms with E-state index in [1.54, 1.807) is 13.0 Å². The summed E-state index contributed by atoms with van der Waals surface area (Å²) in [4.78, 5) is 11.7. The highest BCUT2D eigenvalue weighted by Gasteiger charge is 2.18.